The highest BCUT2D eigenvalue weighted by molar-refractivity contribution is 6.22. The van der Waals surface area contributed by atoms with E-state index in [1.165, 1.54) is 0 Å². The van der Waals surface area contributed by atoms with E-state index in [-0.39, 0.29) is 6.61 Å². The van der Waals surface area contributed by atoms with Crippen molar-refractivity contribution in [3.05, 3.63) is 70.8 Å². The number of carbonyl (C=O) groups is 2. The number of carbonyl (C=O) groups excluding carboxylic acids is 2. The second-order valence-electron chi connectivity index (χ2n) is 5.12. The van der Waals surface area contributed by atoms with Crippen LogP contribution in [0.25, 0.3) is 0 Å². The van der Waals surface area contributed by atoms with E-state index in [1.54, 1.807) is 43.3 Å². The molecule has 5 heteroatoms. The number of rotatable bonds is 4. The first-order valence-electron chi connectivity index (χ1n) is 7.33. The first-order valence-corrected chi connectivity index (χ1v) is 7.77. The van der Waals surface area contributed by atoms with Crippen LogP contribution >= 0.6 is 11.6 Å². The van der Waals surface area contributed by atoms with E-state index in [9.17, 15) is 9.59 Å². The molecular formula is C18H15ClO4. The summed E-state index contributed by atoms with van der Waals surface area (Å²) in [7, 11) is 0. The van der Waals surface area contributed by atoms with Crippen LogP contribution in [0.15, 0.2) is 48.5 Å². The number of benzene rings is 2. The Morgan fingerprint density at radius 1 is 1.22 bits per heavy atom. The van der Waals surface area contributed by atoms with Crippen LogP contribution in [0.1, 0.15) is 50.2 Å². The molecule has 0 aliphatic carbocycles. The molecule has 0 spiro atoms. The zero-order valence-electron chi connectivity index (χ0n) is 12.5. The summed E-state index contributed by atoms with van der Waals surface area (Å²) in [5.74, 6) is -0.837. The molecule has 0 bridgehead atoms. The molecule has 2 unspecified atom stereocenters. The highest BCUT2D eigenvalue weighted by atomic mass is 35.5. The van der Waals surface area contributed by atoms with Gasteiger partial charge in [0.2, 0.25) is 0 Å². The number of hydrogen-bond acceptors (Lipinski definition) is 4. The van der Waals surface area contributed by atoms with E-state index >= 15 is 0 Å². The second kappa shape index (κ2) is 6.42. The first kappa shape index (κ1) is 15.6. The Hall–Kier alpha value is -2.33. The average molecular weight is 331 g/mol. The van der Waals surface area contributed by atoms with Crippen LogP contribution in [-0.2, 0) is 9.47 Å². The monoisotopic (exact) mass is 330 g/mol. The lowest BCUT2D eigenvalue weighted by molar-refractivity contribution is 0.0375. The molecule has 0 saturated heterocycles. The van der Waals surface area contributed by atoms with Crippen molar-refractivity contribution in [3.63, 3.8) is 0 Å². The van der Waals surface area contributed by atoms with Crippen molar-refractivity contribution in [1.82, 2.24) is 0 Å². The summed E-state index contributed by atoms with van der Waals surface area (Å²) >= 11 is 6.57. The van der Waals surface area contributed by atoms with Crippen molar-refractivity contribution in [1.29, 1.82) is 0 Å². The Bertz CT molecular complexity index is 756. The number of fused-ring (bicyclic) bond motifs is 1. The summed E-state index contributed by atoms with van der Waals surface area (Å²) in [5, 5.41) is -0.678. The summed E-state index contributed by atoms with van der Waals surface area (Å²) in [5.41, 5.74) is 2.21. The number of ether oxygens (including phenoxy) is 2. The van der Waals surface area contributed by atoms with Gasteiger partial charge in [-0.15, -0.1) is 11.6 Å². The highest BCUT2D eigenvalue weighted by Crippen LogP contribution is 2.44. The van der Waals surface area contributed by atoms with Gasteiger partial charge in [-0.25, -0.2) is 9.59 Å². The van der Waals surface area contributed by atoms with Gasteiger partial charge in [-0.2, -0.15) is 0 Å². The van der Waals surface area contributed by atoms with Gasteiger partial charge >= 0.3 is 11.9 Å². The largest absolute Gasteiger partial charge is 0.462 e. The van der Waals surface area contributed by atoms with Crippen LogP contribution in [0.5, 0.6) is 0 Å². The summed E-state index contributed by atoms with van der Waals surface area (Å²) in [6, 6.07) is 14.1. The van der Waals surface area contributed by atoms with Gasteiger partial charge in [0, 0.05) is 5.56 Å². The topological polar surface area (TPSA) is 52.6 Å². The third-order valence-corrected chi connectivity index (χ3v) is 4.20. The fourth-order valence-electron chi connectivity index (χ4n) is 2.69. The Kier molecular flexibility index (Phi) is 4.35. The molecule has 23 heavy (non-hydrogen) atoms. The minimum atomic E-state index is -0.678. The van der Waals surface area contributed by atoms with Crippen LogP contribution in [-0.4, -0.2) is 18.5 Å². The minimum absolute atomic E-state index is 0.279. The molecule has 0 aromatic heterocycles. The molecule has 0 N–H and O–H groups in total. The minimum Gasteiger partial charge on any atom is -0.462 e. The van der Waals surface area contributed by atoms with Crippen LogP contribution in [0.2, 0.25) is 0 Å². The Morgan fingerprint density at radius 3 is 2.70 bits per heavy atom. The molecule has 0 radical (unpaired) electrons. The Labute approximate surface area is 139 Å². The highest BCUT2D eigenvalue weighted by Gasteiger charge is 2.37. The summed E-state index contributed by atoms with van der Waals surface area (Å²) in [6.07, 6.45) is -0.629. The van der Waals surface area contributed by atoms with Crippen molar-refractivity contribution in [3.8, 4) is 0 Å². The third-order valence-electron chi connectivity index (χ3n) is 3.74. The average Bonchev–Trinajstić information content (AvgIpc) is 2.92. The van der Waals surface area contributed by atoms with E-state index < -0.39 is 23.4 Å². The van der Waals surface area contributed by atoms with Gasteiger partial charge in [0.25, 0.3) is 0 Å². The SMILES string of the molecule is CCOC(=O)c1ccccc1C(Cl)C1OC(=O)c2ccccc21. The van der Waals surface area contributed by atoms with Gasteiger partial charge in [-0.05, 0) is 24.6 Å². The van der Waals surface area contributed by atoms with Gasteiger partial charge < -0.3 is 9.47 Å². The molecule has 0 saturated carbocycles. The number of alkyl halides is 1. The zero-order chi connectivity index (χ0) is 16.4. The Balaban J connectivity index is 1.98. The molecule has 1 aliphatic rings. The molecular weight excluding hydrogens is 316 g/mol. The maximum atomic E-state index is 12.1. The molecule has 118 valence electrons. The second-order valence-corrected chi connectivity index (χ2v) is 5.59. The molecule has 3 rings (SSSR count). The van der Waals surface area contributed by atoms with Crippen LogP contribution in [0.3, 0.4) is 0 Å². The van der Waals surface area contributed by atoms with E-state index in [1.807, 2.05) is 12.1 Å². The molecule has 2 aromatic carbocycles. The van der Waals surface area contributed by atoms with Crippen molar-refractivity contribution in [2.24, 2.45) is 0 Å². The zero-order valence-corrected chi connectivity index (χ0v) is 13.2. The summed E-state index contributed by atoms with van der Waals surface area (Å²) in [6.45, 7) is 2.02. The van der Waals surface area contributed by atoms with Crippen molar-refractivity contribution in [2.45, 2.75) is 18.4 Å². The van der Waals surface area contributed by atoms with Crippen molar-refractivity contribution in [2.75, 3.05) is 6.61 Å². The molecule has 4 nitrogen and oxygen atoms in total. The molecule has 2 aromatic rings. The van der Waals surface area contributed by atoms with Gasteiger partial charge in [-0.1, -0.05) is 36.4 Å². The van der Waals surface area contributed by atoms with E-state index in [0.717, 1.165) is 5.56 Å². The van der Waals surface area contributed by atoms with Crippen LogP contribution in [0, 0.1) is 0 Å². The first-order chi connectivity index (χ1) is 11.1. The lowest BCUT2D eigenvalue weighted by Gasteiger charge is -2.20. The Morgan fingerprint density at radius 2 is 1.91 bits per heavy atom. The lowest BCUT2D eigenvalue weighted by atomic mass is 9.96. The number of halogens is 1. The maximum Gasteiger partial charge on any atom is 0.339 e. The number of esters is 2. The standard InChI is InChI=1S/C18H15ClO4/c1-2-22-17(20)13-9-5-3-7-11(13)15(19)16-12-8-4-6-10-14(12)18(21)23-16/h3-10,15-16H,2H2,1H3. The van der Waals surface area contributed by atoms with Gasteiger partial charge in [0.05, 0.1) is 17.7 Å². The van der Waals surface area contributed by atoms with Gasteiger partial charge in [0.15, 0.2) is 0 Å². The van der Waals surface area contributed by atoms with Gasteiger partial charge in [-0.3, -0.25) is 0 Å². The summed E-state index contributed by atoms with van der Waals surface area (Å²) in [4.78, 5) is 24.1. The van der Waals surface area contributed by atoms with Crippen molar-refractivity contribution < 1.29 is 19.1 Å². The van der Waals surface area contributed by atoms with Crippen LogP contribution < -0.4 is 0 Å². The van der Waals surface area contributed by atoms with Crippen molar-refractivity contribution >= 4 is 23.5 Å². The maximum absolute atomic E-state index is 12.1. The predicted molar refractivity (Wildman–Crippen MR) is 85.6 cm³/mol. The summed E-state index contributed by atoms with van der Waals surface area (Å²) < 4.78 is 10.5. The third kappa shape index (κ3) is 2.82. The molecule has 0 amide bonds. The fraction of sp³-hybridized carbons (Fsp3) is 0.222. The van der Waals surface area contributed by atoms with E-state index in [0.29, 0.717) is 16.7 Å². The van der Waals surface area contributed by atoms with E-state index in [2.05, 4.69) is 0 Å². The number of cyclic esters (lactones) is 1. The molecule has 1 aliphatic heterocycles. The lowest BCUT2D eigenvalue weighted by Crippen LogP contribution is -2.13. The predicted octanol–water partition coefficient (Wildman–Crippen LogP) is 4.05. The smallest absolute Gasteiger partial charge is 0.339 e. The normalized spacial score (nSPS) is 17.3. The number of hydrogen-bond donors (Lipinski definition) is 0. The molecule has 1 heterocycles. The van der Waals surface area contributed by atoms with E-state index in [4.69, 9.17) is 21.1 Å². The van der Waals surface area contributed by atoms with Crippen LogP contribution in [0.4, 0.5) is 0 Å². The van der Waals surface area contributed by atoms with Gasteiger partial charge in [0.1, 0.15) is 11.5 Å². The quantitative estimate of drug-likeness (QED) is 0.626. The fourth-order valence-corrected chi connectivity index (χ4v) is 3.06. The molecule has 2 atom stereocenters. The molecule has 0 fully saturated rings.